The molecule has 4 aliphatic carbocycles. The molecular formula is C29H48O4. The second-order valence-electron chi connectivity index (χ2n) is 13.0. The number of ether oxygens (including phenoxy) is 4. The van der Waals surface area contributed by atoms with Crippen LogP contribution in [0.5, 0.6) is 0 Å². The molecule has 33 heavy (non-hydrogen) atoms. The van der Waals surface area contributed by atoms with Gasteiger partial charge in [-0.1, -0.05) is 13.8 Å². The Bertz CT molecular complexity index is 671. The van der Waals surface area contributed by atoms with E-state index in [9.17, 15) is 0 Å². The minimum Gasteiger partial charge on any atom is -0.353 e. The highest BCUT2D eigenvalue weighted by Gasteiger charge is 2.61. The molecule has 10 atom stereocenters. The molecule has 0 N–H and O–H groups in total. The van der Waals surface area contributed by atoms with Gasteiger partial charge >= 0.3 is 0 Å². The number of hydrogen-bond acceptors (Lipinski definition) is 4. The van der Waals surface area contributed by atoms with Gasteiger partial charge in [-0.25, -0.2) is 0 Å². The quantitative estimate of drug-likeness (QED) is 0.430. The molecule has 188 valence electrons. The van der Waals surface area contributed by atoms with E-state index in [1.807, 2.05) is 0 Å². The standard InChI is InChI=1S/C29H48O4/c1-28-15-13-21(32-26-7-3-5-17-30-26)19-20(28)9-10-22-23-11-12-25(29(23,2)16-14-24(22)28)33-27-8-4-6-18-31-27/h20-27H,3-19H2,1-2H3. The maximum atomic E-state index is 6.67. The molecule has 6 fully saturated rings. The molecule has 0 spiro atoms. The van der Waals surface area contributed by atoms with E-state index in [1.165, 1.54) is 83.5 Å². The van der Waals surface area contributed by atoms with Crippen LogP contribution in [0.3, 0.4) is 0 Å². The minimum atomic E-state index is 0.0636. The lowest BCUT2D eigenvalue weighted by molar-refractivity contribution is -0.225. The third-order valence-electron chi connectivity index (χ3n) is 11.5. The van der Waals surface area contributed by atoms with Gasteiger partial charge in [-0.3, -0.25) is 0 Å². The van der Waals surface area contributed by atoms with E-state index in [0.717, 1.165) is 49.7 Å². The molecule has 4 saturated carbocycles. The molecule has 4 heteroatoms. The van der Waals surface area contributed by atoms with Gasteiger partial charge in [0.25, 0.3) is 0 Å². The summed E-state index contributed by atoms with van der Waals surface area (Å²) >= 11 is 0. The molecule has 0 amide bonds. The largest absolute Gasteiger partial charge is 0.353 e. The van der Waals surface area contributed by atoms with Gasteiger partial charge in [-0.05, 0) is 131 Å². The van der Waals surface area contributed by atoms with Crippen LogP contribution in [0.15, 0.2) is 0 Å². The van der Waals surface area contributed by atoms with Gasteiger partial charge in [-0.15, -0.1) is 0 Å². The molecular weight excluding hydrogens is 412 g/mol. The van der Waals surface area contributed by atoms with Crippen LogP contribution in [-0.4, -0.2) is 38.0 Å². The summed E-state index contributed by atoms with van der Waals surface area (Å²) in [4.78, 5) is 0. The lowest BCUT2D eigenvalue weighted by atomic mass is 9.45. The summed E-state index contributed by atoms with van der Waals surface area (Å²) in [6.45, 7) is 7.03. The van der Waals surface area contributed by atoms with Crippen molar-refractivity contribution in [3.8, 4) is 0 Å². The Morgan fingerprint density at radius 2 is 1.33 bits per heavy atom. The topological polar surface area (TPSA) is 36.9 Å². The normalized spacial score (nSPS) is 52.5. The highest BCUT2D eigenvalue weighted by atomic mass is 16.7. The van der Waals surface area contributed by atoms with Crippen molar-refractivity contribution in [2.45, 2.75) is 135 Å². The Balaban J connectivity index is 1.11. The van der Waals surface area contributed by atoms with E-state index in [4.69, 9.17) is 18.9 Å². The lowest BCUT2D eigenvalue weighted by Crippen LogP contribution is -2.55. The van der Waals surface area contributed by atoms with Crippen molar-refractivity contribution in [3.63, 3.8) is 0 Å². The highest BCUT2D eigenvalue weighted by molar-refractivity contribution is 5.10. The second kappa shape index (κ2) is 9.37. The molecule has 6 rings (SSSR count). The van der Waals surface area contributed by atoms with Crippen molar-refractivity contribution in [1.29, 1.82) is 0 Å². The fraction of sp³-hybridized carbons (Fsp3) is 1.00. The molecule has 4 nitrogen and oxygen atoms in total. The van der Waals surface area contributed by atoms with Crippen LogP contribution in [0.2, 0.25) is 0 Å². The molecule has 0 aromatic carbocycles. The molecule has 0 bridgehead atoms. The first kappa shape index (κ1) is 23.3. The fourth-order valence-electron chi connectivity index (χ4n) is 9.55. The van der Waals surface area contributed by atoms with Crippen LogP contribution >= 0.6 is 0 Å². The lowest BCUT2D eigenvalue weighted by Gasteiger charge is -2.61. The first-order chi connectivity index (χ1) is 16.1. The first-order valence-electron chi connectivity index (χ1n) is 14.6. The van der Waals surface area contributed by atoms with Gasteiger partial charge in [0.1, 0.15) is 0 Å². The maximum Gasteiger partial charge on any atom is 0.157 e. The predicted molar refractivity (Wildman–Crippen MR) is 129 cm³/mol. The summed E-state index contributed by atoms with van der Waals surface area (Å²) in [7, 11) is 0. The van der Waals surface area contributed by atoms with Crippen molar-refractivity contribution in [1.82, 2.24) is 0 Å². The van der Waals surface area contributed by atoms with E-state index < -0.39 is 0 Å². The van der Waals surface area contributed by atoms with Crippen LogP contribution < -0.4 is 0 Å². The Kier molecular flexibility index (Phi) is 6.60. The van der Waals surface area contributed by atoms with Crippen molar-refractivity contribution >= 4 is 0 Å². The summed E-state index contributed by atoms with van der Waals surface area (Å²) < 4.78 is 25.0. The van der Waals surface area contributed by atoms with Crippen molar-refractivity contribution in [2.75, 3.05) is 13.2 Å². The van der Waals surface area contributed by atoms with Crippen LogP contribution in [-0.2, 0) is 18.9 Å². The molecule has 6 aliphatic rings. The Morgan fingerprint density at radius 1 is 0.636 bits per heavy atom. The van der Waals surface area contributed by atoms with Gasteiger partial charge < -0.3 is 18.9 Å². The van der Waals surface area contributed by atoms with Crippen LogP contribution in [0.1, 0.15) is 110 Å². The van der Waals surface area contributed by atoms with E-state index in [0.29, 0.717) is 23.0 Å². The second-order valence-corrected chi connectivity index (χ2v) is 13.0. The fourth-order valence-corrected chi connectivity index (χ4v) is 9.55. The minimum absolute atomic E-state index is 0.0636. The highest BCUT2D eigenvalue weighted by Crippen LogP contribution is 2.66. The molecule has 0 radical (unpaired) electrons. The van der Waals surface area contributed by atoms with Gasteiger partial charge in [0.05, 0.1) is 12.2 Å². The maximum absolute atomic E-state index is 6.67. The zero-order valence-electron chi connectivity index (χ0n) is 21.3. The van der Waals surface area contributed by atoms with Crippen molar-refractivity contribution < 1.29 is 18.9 Å². The SMILES string of the molecule is CC12CCC(OC3CCCCO3)CC1CCC1C2CCC2(C)C(OC3CCCCO3)CCC12. The van der Waals surface area contributed by atoms with E-state index >= 15 is 0 Å². The molecule has 2 heterocycles. The molecule has 10 unspecified atom stereocenters. The molecule has 0 aromatic heterocycles. The molecule has 2 saturated heterocycles. The number of rotatable bonds is 4. The number of fused-ring (bicyclic) bond motifs is 5. The Hall–Kier alpha value is -0.160. The van der Waals surface area contributed by atoms with Gasteiger partial charge in [0.15, 0.2) is 12.6 Å². The Labute approximate surface area is 201 Å². The van der Waals surface area contributed by atoms with E-state index in [2.05, 4.69) is 13.8 Å². The van der Waals surface area contributed by atoms with E-state index in [-0.39, 0.29) is 12.6 Å². The van der Waals surface area contributed by atoms with Gasteiger partial charge in [-0.2, -0.15) is 0 Å². The van der Waals surface area contributed by atoms with Crippen LogP contribution in [0.25, 0.3) is 0 Å². The van der Waals surface area contributed by atoms with Gasteiger partial charge in [0.2, 0.25) is 0 Å². The van der Waals surface area contributed by atoms with Gasteiger partial charge in [0, 0.05) is 13.2 Å². The first-order valence-corrected chi connectivity index (χ1v) is 14.6. The Morgan fingerprint density at radius 3 is 2.06 bits per heavy atom. The molecule has 2 aliphatic heterocycles. The van der Waals surface area contributed by atoms with Crippen molar-refractivity contribution in [3.05, 3.63) is 0 Å². The smallest absolute Gasteiger partial charge is 0.157 e. The average molecular weight is 461 g/mol. The third kappa shape index (κ3) is 4.23. The van der Waals surface area contributed by atoms with Crippen LogP contribution in [0.4, 0.5) is 0 Å². The zero-order valence-corrected chi connectivity index (χ0v) is 21.3. The zero-order chi connectivity index (χ0) is 22.5. The monoisotopic (exact) mass is 460 g/mol. The molecule has 0 aromatic rings. The van der Waals surface area contributed by atoms with Crippen LogP contribution in [0, 0.1) is 34.5 Å². The average Bonchev–Trinajstić information content (AvgIpc) is 3.17. The predicted octanol–water partition coefficient (Wildman–Crippen LogP) is 6.85. The summed E-state index contributed by atoms with van der Waals surface area (Å²) in [6.07, 6.45) is 20.2. The summed E-state index contributed by atoms with van der Waals surface area (Å²) in [5.74, 6) is 3.51. The summed E-state index contributed by atoms with van der Waals surface area (Å²) in [5, 5.41) is 0. The number of hydrogen-bond donors (Lipinski definition) is 0. The summed E-state index contributed by atoms with van der Waals surface area (Å²) in [6, 6.07) is 0. The third-order valence-corrected chi connectivity index (χ3v) is 11.5. The van der Waals surface area contributed by atoms with E-state index in [1.54, 1.807) is 0 Å². The summed E-state index contributed by atoms with van der Waals surface area (Å²) in [5.41, 5.74) is 0.882. The van der Waals surface area contributed by atoms with Crippen molar-refractivity contribution in [2.24, 2.45) is 34.5 Å².